The maximum absolute atomic E-state index is 12.1. The van der Waals surface area contributed by atoms with Crippen molar-refractivity contribution >= 4 is 23.2 Å². The van der Waals surface area contributed by atoms with Gasteiger partial charge in [0.25, 0.3) is 5.91 Å². The van der Waals surface area contributed by atoms with Gasteiger partial charge < -0.3 is 5.32 Å². The molecule has 9 nitrogen and oxygen atoms in total. The molecule has 0 atom stereocenters. The maximum atomic E-state index is 12.1. The molecule has 0 aliphatic carbocycles. The number of anilines is 2. The van der Waals surface area contributed by atoms with Crippen LogP contribution in [-0.4, -0.2) is 27.3 Å². The molecule has 0 bridgehead atoms. The van der Waals surface area contributed by atoms with E-state index >= 15 is 0 Å². The summed E-state index contributed by atoms with van der Waals surface area (Å²) in [7, 11) is 0. The van der Waals surface area contributed by atoms with Gasteiger partial charge in [0.2, 0.25) is 11.6 Å². The van der Waals surface area contributed by atoms with Gasteiger partial charge in [0.05, 0.1) is 4.92 Å². The van der Waals surface area contributed by atoms with Crippen LogP contribution in [0.15, 0.2) is 30.6 Å². The normalized spacial score (nSPS) is 10.5. The molecule has 1 aromatic carbocycles. The van der Waals surface area contributed by atoms with Crippen molar-refractivity contribution in [3.63, 3.8) is 0 Å². The van der Waals surface area contributed by atoms with Crippen molar-refractivity contribution in [2.45, 2.75) is 27.2 Å². The largest absolute Gasteiger partial charge is 0.364 e. The average molecular weight is 358 g/mol. The Labute approximate surface area is 151 Å². The highest BCUT2D eigenvalue weighted by Crippen LogP contribution is 2.28. The van der Waals surface area contributed by atoms with E-state index in [2.05, 4.69) is 40.0 Å². The molecular weight excluding hydrogens is 336 g/mol. The van der Waals surface area contributed by atoms with E-state index in [1.54, 1.807) is 24.3 Å². The number of hydrazine groups is 1. The second kappa shape index (κ2) is 8.75. The van der Waals surface area contributed by atoms with Crippen molar-refractivity contribution in [2.75, 3.05) is 17.3 Å². The van der Waals surface area contributed by atoms with Crippen LogP contribution in [0.2, 0.25) is 0 Å². The summed E-state index contributed by atoms with van der Waals surface area (Å²) < 4.78 is 0. The number of nitrogens with one attached hydrogen (secondary N) is 3. The number of carbonyl (C=O) groups excluding carboxylic acids is 1. The quantitative estimate of drug-likeness (QED) is 0.490. The third kappa shape index (κ3) is 5.13. The minimum atomic E-state index is -0.585. The molecule has 0 fully saturated rings. The van der Waals surface area contributed by atoms with E-state index in [-0.39, 0.29) is 17.3 Å². The van der Waals surface area contributed by atoms with Gasteiger partial charge in [-0.3, -0.25) is 25.8 Å². The zero-order valence-corrected chi connectivity index (χ0v) is 14.9. The Balaban J connectivity index is 2.11. The number of amides is 1. The molecule has 2 aromatic rings. The van der Waals surface area contributed by atoms with Crippen molar-refractivity contribution in [3.05, 3.63) is 51.8 Å². The standard InChI is InChI=1S/C17H22N6O3/c1-11(2)8-9-18-15-14(23(25)26)16(20-10-19-15)21-22-17(24)13-6-4-12(3)5-7-13/h4-7,10-11H,8-9H2,1-3H3,(H,22,24)(H2,18,19,20,21). The van der Waals surface area contributed by atoms with E-state index in [0.29, 0.717) is 18.0 Å². The average Bonchev–Trinajstić information content (AvgIpc) is 2.59. The van der Waals surface area contributed by atoms with Crippen molar-refractivity contribution < 1.29 is 9.72 Å². The Morgan fingerprint density at radius 3 is 2.46 bits per heavy atom. The second-order valence-corrected chi connectivity index (χ2v) is 6.23. The highest BCUT2D eigenvalue weighted by Gasteiger charge is 2.23. The summed E-state index contributed by atoms with van der Waals surface area (Å²) in [6, 6.07) is 6.94. The number of hydrogen-bond acceptors (Lipinski definition) is 7. The zero-order chi connectivity index (χ0) is 19.1. The third-order valence-electron chi connectivity index (χ3n) is 3.63. The molecule has 0 aliphatic rings. The first-order valence-corrected chi connectivity index (χ1v) is 8.24. The lowest BCUT2D eigenvalue weighted by Crippen LogP contribution is -2.30. The Kier molecular flexibility index (Phi) is 6.42. The lowest BCUT2D eigenvalue weighted by atomic mass is 10.1. The van der Waals surface area contributed by atoms with Crippen LogP contribution in [0.3, 0.4) is 0 Å². The van der Waals surface area contributed by atoms with Crippen LogP contribution in [-0.2, 0) is 0 Å². The molecule has 1 heterocycles. The van der Waals surface area contributed by atoms with Gasteiger partial charge in [-0.2, -0.15) is 0 Å². The van der Waals surface area contributed by atoms with E-state index in [9.17, 15) is 14.9 Å². The molecule has 0 saturated carbocycles. The van der Waals surface area contributed by atoms with Gasteiger partial charge in [0.1, 0.15) is 6.33 Å². The highest BCUT2D eigenvalue weighted by molar-refractivity contribution is 5.95. The smallest absolute Gasteiger partial charge is 0.354 e. The fourth-order valence-electron chi connectivity index (χ4n) is 2.14. The minimum absolute atomic E-state index is 0.0856. The Morgan fingerprint density at radius 1 is 1.19 bits per heavy atom. The molecule has 26 heavy (non-hydrogen) atoms. The Morgan fingerprint density at radius 2 is 1.85 bits per heavy atom. The van der Waals surface area contributed by atoms with Gasteiger partial charge in [0.15, 0.2) is 0 Å². The molecule has 138 valence electrons. The number of nitrogens with zero attached hydrogens (tertiary/aromatic N) is 3. The molecule has 3 N–H and O–H groups in total. The van der Waals surface area contributed by atoms with Crippen LogP contribution in [0.5, 0.6) is 0 Å². The minimum Gasteiger partial charge on any atom is -0.364 e. The second-order valence-electron chi connectivity index (χ2n) is 6.23. The summed E-state index contributed by atoms with van der Waals surface area (Å²) in [6.07, 6.45) is 2.04. The Hall–Kier alpha value is -3.23. The number of carbonyl (C=O) groups is 1. The van der Waals surface area contributed by atoms with E-state index < -0.39 is 10.8 Å². The first kappa shape index (κ1) is 19.1. The van der Waals surface area contributed by atoms with Gasteiger partial charge in [-0.05, 0) is 31.4 Å². The maximum Gasteiger partial charge on any atom is 0.354 e. The van der Waals surface area contributed by atoms with Crippen LogP contribution in [0.1, 0.15) is 36.2 Å². The van der Waals surface area contributed by atoms with E-state index in [1.165, 1.54) is 6.33 Å². The van der Waals surface area contributed by atoms with Gasteiger partial charge in [-0.1, -0.05) is 31.5 Å². The highest BCUT2D eigenvalue weighted by atomic mass is 16.6. The van der Waals surface area contributed by atoms with Crippen molar-refractivity contribution in [3.8, 4) is 0 Å². The lowest BCUT2D eigenvalue weighted by Gasteiger charge is -2.11. The topological polar surface area (TPSA) is 122 Å². The van der Waals surface area contributed by atoms with Gasteiger partial charge >= 0.3 is 5.69 Å². The van der Waals surface area contributed by atoms with Crippen molar-refractivity contribution in [1.82, 2.24) is 15.4 Å². The summed E-state index contributed by atoms with van der Waals surface area (Å²) in [4.78, 5) is 30.8. The van der Waals surface area contributed by atoms with Gasteiger partial charge in [-0.25, -0.2) is 9.97 Å². The molecule has 0 radical (unpaired) electrons. The first-order chi connectivity index (χ1) is 12.4. The number of aryl methyl sites for hydroxylation is 1. The fourth-order valence-corrected chi connectivity index (χ4v) is 2.14. The molecular formula is C17H22N6O3. The molecule has 0 unspecified atom stereocenters. The molecule has 1 aromatic heterocycles. The SMILES string of the molecule is Cc1ccc(C(=O)NNc2ncnc(NCCC(C)C)c2[N+](=O)[O-])cc1. The summed E-state index contributed by atoms with van der Waals surface area (Å²) >= 11 is 0. The first-order valence-electron chi connectivity index (χ1n) is 8.24. The number of rotatable bonds is 8. The molecule has 0 spiro atoms. The molecule has 0 aliphatic heterocycles. The number of benzene rings is 1. The fraction of sp³-hybridized carbons (Fsp3) is 0.353. The predicted octanol–water partition coefficient (Wildman–Crippen LogP) is 2.91. The van der Waals surface area contributed by atoms with Crippen LogP contribution < -0.4 is 16.2 Å². The number of aromatic nitrogens is 2. The predicted molar refractivity (Wildman–Crippen MR) is 98.9 cm³/mol. The van der Waals surface area contributed by atoms with Crippen molar-refractivity contribution in [2.24, 2.45) is 5.92 Å². The van der Waals surface area contributed by atoms with Crippen LogP contribution in [0.25, 0.3) is 0 Å². The third-order valence-corrected chi connectivity index (χ3v) is 3.63. The summed E-state index contributed by atoms with van der Waals surface area (Å²) in [5.74, 6) is 0.0530. The molecule has 0 saturated heterocycles. The zero-order valence-electron chi connectivity index (χ0n) is 14.9. The summed E-state index contributed by atoms with van der Waals surface area (Å²) in [5.41, 5.74) is 6.07. The van der Waals surface area contributed by atoms with Crippen LogP contribution in [0.4, 0.5) is 17.3 Å². The van der Waals surface area contributed by atoms with Crippen molar-refractivity contribution in [1.29, 1.82) is 0 Å². The molecule has 1 amide bonds. The number of hydrogen-bond donors (Lipinski definition) is 3. The Bertz CT molecular complexity index is 777. The molecule has 2 rings (SSSR count). The monoisotopic (exact) mass is 358 g/mol. The summed E-state index contributed by atoms with van der Waals surface area (Å²) in [5, 5.41) is 14.4. The van der Waals surface area contributed by atoms with Crippen LogP contribution >= 0.6 is 0 Å². The van der Waals surface area contributed by atoms with Crippen LogP contribution in [0, 0.1) is 23.0 Å². The van der Waals surface area contributed by atoms with E-state index in [0.717, 1.165) is 12.0 Å². The van der Waals surface area contributed by atoms with Gasteiger partial charge in [0, 0.05) is 12.1 Å². The molecule has 9 heteroatoms. The summed E-state index contributed by atoms with van der Waals surface area (Å²) in [6.45, 7) is 6.58. The van der Waals surface area contributed by atoms with E-state index in [4.69, 9.17) is 0 Å². The van der Waals surface area contributed by atoms with E-state index in [1.807, 2.05) is 6.92 Å². The lowest BCUT2D eigenvalue weighted by molar-refractivity contribution is -0.383. The number of nitro groups is 1. The van der Waals surface area contributed by atoms with Gasteiger partial charge in [-0.15, -0.1) is 0 Å².